The molecule has 0 aliphatic rings. The third-order valence-electron chi connectivity index (χ3n) is 3.43. The van der Waals surface area contributed by atoms with Gasteiger partial charge in [0.1, 0.15) is 11.5 Å². The molecule has 0 saturated carbocycles. The third-order valence-corrected chi connectivity index (χ3v) is 4.43. The molecule has 7 heteroatoms. The Morgan fingerprint density at radius 1 is 1.12 bits per heavy atom. The number of nitrogens with zero attached hydrogens (tertiary/aromatic N) is 2. The van der Waals surface area contributed by atoms with E-state index in [-0.39, 0.29) is 0 Å². The number of thiazole rings is 1. The Morgan fingerprint density at radius 3 is 2.64 bits per heavy atom. The molecule has 2 aromatic carbocycles. The lowest BCUT2D eigenvalue weighted by Gasteiger charge is -2.08. The smallest absolute Gasteiger partial charge is 0.203 e. The minimum atomic E-state index is 0.693. The van der Waals surface area contributed by atoms with Crippen LogP contribution in [0.15, 0.2) is 52.9 Å². The lowest BCUT2D eigenvalue weighted by atomic mass is 10.1. The summed E-state index contributed by atoms with van der Waals surface area (Å²) < 4.78 is 10.6. The van der Waals surface area contributed by atoms with Gasteiger partial charge in [-0.05, 0) is 29.8 Å². The van der Waals surface area contributed by atoms with Gasteiger partial charge in [-0.3, -0.25) is 5.43 Å². The van der Waals surface area contributed by atoms with Crippen LogP contribution in [0.25, 0.3) is 11.3 Å². The summed E-state index contributed by atoms with van der Waals surface area (Å²) in [5.41, 5.74) is 5.60. The predicted octanol–water partition coefficient (Wildman–Crippen LogP) is 4.93. The minimum Gasteiger partial charge on any atom is -0.497 e. The van der Waals surface area contributed by atoms with Crippen LogP contribution in [-0.4, -0.2) is 25.4 Å². The molecule has 0 unspecified atom stereocenters. The zero-order valence-electron chi connectivity index (χ0n) is 13.7. The first-order valence-electron chi connectivity index (χ1n) is 7.42. The Morgan fingerprint density at radius 2 is 1.92 bits per heavy atom. The highest BCUT2D eigenvalue weighted by Gasteiger charge is 2.11. The average Bonchev–Trinajstić information content (AvgIpc) is 3.11. The van der Waals surface area contributed by atoms with E-state index in [1.807, 2.05) is 47.8 Å². The van der Waals surface area contributed by atoms with Gasteiger partial charge in [-0.15, -0.1) is 11.3 Å². The van der Waals surface area contributed by atoms with Crippen molar-refractivity contribution in [1.82, 2.24) is 4.98 Å². The fourth-order valence-electron chi connectivity index (χ4n) is 2.17. The summed E-state index contributed by atoms with van der Waals surface area (Å²) in [6.07, 6.45) is 1.71. The van der Waals surface area contributed by atoms with Gasteiger partial charge in [-0.1, -0.05) is 23.7 Å². The summed E-state index contributed by atoms with van der Waals surface area (Å²) in [4.78, 5) is 4.54. The van der Waals surface area contributed by atoms with E-state index in [2.05, 4.69) is 15.5 Å². The number of halogens is 1. The van der Waals surface area contributed by atoms with Gasteiger partial charge in [-0.25, -0.2) is 4.98 Å². The number of hydrazone groups is 1. The van der Waals surface area contributed by atoms with Gasteiger partial charge in [0.2, 0.25) is 5.13 Å². The molecule has 0 atom stereocenters. The number of benzene rings is 2. The first kappa shape index (κ1) is 17.3. The van der Waals surface area contributed by atoms with E-state index in [1.54, 1.807) is 20.4 Å². The van der Waals surface area contributed by atoms with Crippen molar-refractivity contribution >= 4 is 34.3 Å². The molecule has 0 bridgehead atoms. The molecule has 0 aliphatic carbocycles. The maximum absolute atomic E-state index is 5.86. The van der Waals surface area contributed by atoms with Gasteiger partial charge in [0, 0.05) is 22.0 Å². The summed E-state index contributed by atoms with van der Waals surface area (Å²) >= 11 is 7.33. The predicted molar refractivity (Wildman–Crippen MR) is 103 cm³/mol. The molecule has 0 radical (unpaired) electrons. The van der Waals surface area contributed by atoms with Crippen LogP contribution >= 0.6 is 22.9 Å². The standard InChI is InChI=1S/C18H16ClN3O2S/c1-23-14-7-8-15(17(9-14)24-2)16-11-25-18(21-16)22-20-10-12-3-5-13(19)6-4-12/h3-11H,1-2H3,(H,21,22)/b20-10-. The Labute approximate surface area is 154 Å². The highest BCUT2D eigenvalue weighted by molar-refractivity contribution is 7.14. The van der Waals surface area contributed by atoms with E-state index in [9.17, 15) is 0 Å². The number of ether oxygens (including phenoxy) is 2. The molecule has 3 rings (SSSR count). The van der Waals surface area contributed by atoms with Crippen molar-refractivity contribution in [3.63, 3.8) is 0 Å². The summed E-state index contributed by atoms with van der Waals surface area (Å²) in [7, 11) is 3.25. The Balaban J connectivity index is 1.73. The number of nitrogens with one attached hydrogen (secondary N) is 1. The Kier molecular flexibility index (Phi) is 5.53. The highest BCUT2D eigenvalue weighted by Crippen LogP contribution is 2.34. The van der Waals surface area contributed by atoms with E-state index < -0.39 is 0 Å². The van der Waals surface area contributed by atoms with Gasteiger partial charge in [0.25, 0.3) is 0 Å². The van der Waals surface area contributed by atoms with Crippen LogP contribution in [-0.2, 0) is 0 Å². The van der Waals surface area contributed by atoms with Crippen LogP contribution in [0.3, 0.4) is 0 Å². The van der Waals surface area contributed by atoms with Crippen molar-refractivity contribution in [2.75, 3.05) is 19.6 Å². The van der Waals surface area contributed by atoms with E-state index in [0.717, 1.165) is 22.6 Å². The van der Waals surface area contributed by atoms with Gasteiger partial charge >= 0.3 is 0 Å². The number of anilines is 1. The van der Waals surface area contributed by atoms with E-state index in [1.165, 1.54) is 11.3 Å². The van der Waals surface area contributed by atoms with E-state index >= 15 is 0 Å². The van der Waals surface area contributed by atoms with Crippen molar-refractivity contribution in [3.05, 3.63) is 58.4 Å². The van der Waals surface area contributed by atoms with Crippen LogP contribution in [0.4, 0.5) is 5.13 Å². The number of hydrogen-bond acceptors (Lipinski definition) is 6. The first-order chi connectivity index (χ1) is 12.2. The fourth-order valence-corrected chi connectivity index (χ4v) is 2.96. The summed E-state index contributed by atoms with van der Waals surface area (Å²) in [5.74, 6) is 1.45. The molecule has 0 spiro atoms. The van der Waals surface area contributed by atoms with Crippen LogP contribution in [0.5, 0.6) is 11.5 Å². The van der Waals surface area contributed by atoms with Crippen LogP contribution in [0, 0.1) is 0 Å². The molecule has 0 fully saturated rings. The molecule has 0 aliphatic heterocycles. The number of rotatable bonds is 6. The summed E-state index contributed by atoms with van der Waals surface area (Å²) in [5, 5.41) is 7.54. The van der Waals surface area contributed by atoms with Gasteiger partial charge in [-0.2, -0.15) is 5.10 Å². The van der Waals surface area contributed by atoms with Crippen molar-refractivity contribution in [2.45, 2.75) is 0 Å². The molecule has 25 heavy (non-hydrogen) atoms. The topological polar surface area (TPSA) is 55.7 Å². The highest BCUT2D eigenvalue weighted by atomic mass is 35.5. The second-order valence-corrected chi connectivity index (χ2v) is 6.32. The SMILES string of the molecule is COc1ccc(-c2csc(N/N=C\c3ccc(Cl)cc3)n2)c(OC)c1. The van der Waals surface area contributed by atoms with Crippen molar-refractivity contribution in [1.29, 1.82) is 0 Å². The van der Waals surface area contributed by atoms with E-state index in [4.69, 9.17) is 21.1 Å². The summed E-state index contributed by atoms with van der Waals surface area (Å²) in [6, 6.07) is 13.1. The maximum Gasteiger partial charge on any atom is 0.203 e. The third kappa shape index (κ3) is 4.29. The first-order valence-corrected chi connectivity index (χ1v) is 8.68. The minimum absolute atomic E-state index is 0.693. The van der Waals surface area contributed by atoms with Crippen molar-refractivity contribution in [3.8, 4) is 22.8 Å². The van der Waals surface area contributed by atoms with Crippen LogP contribution in [0.1, 0.15) is 5.56 Å². The average molecular weight is 374 g/mol. The van der Waals surface area contributed by atoms with E-state index in [0.29, 0.717) is 15.9 Å². The zero-order chi connectivity index (χ0) is 17.6. The second kappa shape index (κ2) is 8.00. The fraction of sp³-hybridized carbons (Fsp3) is 0.111. The largest absolute Gasteiger partial charge is 0.497 e. The molecular formula is C18H16ClN3O2S. The quantitative estimate of drug-likeness (QED) is 0.492. The molecular weight excluding hydrogens is 358 g/mol. The van der Waals surface area contributed by atoms with Crippen molar-refractivity contribution < 1.29 is 9.47 Å². The maximum atomic E-state index is 5.86. The Bertz CT molecular complexity index is 878. The number of hydrogen-bond donors (Lipinski definition) is 1. The molecule has 0 saturated heterocycles. The number of methoxy groups -OCH3 is 2. The number of aromatic nitrogens is 1. The van der Waals surface area contributed by atoms with Gasteiger partial charge in [0.05, 0.1) is 26.1 Å². The lowest BCUT2D eigenvalue weighted by molar-refractivity contribution is 0.395. The monoisotopic (exact) mass is 373 g/mol. The zero-order valence-corrected chi connectivity index (χ0v) is 15.3. The molecule has 5 nitrogen and oxygen atoms in total. The second-order valence-electron chi connectivity index (χ2n) is 5.03. The van der Waals surface area contributed by atoms with Crippen LogP contribution < -0.4 is 14.9 Å². The molecule has 1 aromatic heterocycles. The normalized spacial score (nSPS) is 10.8. The molecule has 128 valence electrons. The molecule has 1 heterocycles. The summed E-state index contributed by atoms with van der Waals surface area (Å²) in [6.45, 7) is 0. The van der Waals surface area contributed by atoms with Gasteiger partial charge in [0.15, 0.2) is 0 Å². The van der Waals surface area contributed by atoms with Crippen molar-refractivity contribution in [2.24, 2.45) is 5.10 Å². The van der Waals surface area contributed by atoms with Crippen LogP contribution in [0.2, 0.25) is 5.02 Å². The Hall–Kier alpha value is -2.57. The molecule has 1 N–H and O–H groups in total. The molecule has 3 aromatic rings. The molecule has 0 amide bonds. The van der Waals surface area contributed by atoms with Gasteiger partial charge < -0.3 is 9.47 Å². The lowest BCUT2D eigenvalue weighted by Crippen LogP contribution is -1.92.